The Labute approximate surface area is 146 Å². The fraction of sp³-hybridized carbons (Fsp3) is 0.556. The molecule has 3 rings (SSSR count). The molecule has 2 saturated carbocycles. The molecule has 2 fully saturated rings. The van der Waals surface area contributed by atoms with E-state index in [4.69, 9.17) is 0 Å². The summed E-state index contributed by atoms with van der Waals surface area (Å²) >= 11 is 0. The summed E-state index contributed by atoms with van der Waals surface area (Å²) in [6.07, 6.45) is 3.86. The summed E-state index contributed by atoms with van der Waals surface area (Å²) in [6, 6.07) is 4.43. The number of carbonyl (C=O) groups excluding carboxylic acids is 2. The van der Waals surface area contributed by atoms with Gasteiger partial charge in [0, 0.05) is 25.3 Å². The van der Waals surface area contributed by atoms with Gasteiger partial charge in [0.15, 0.2) is 0 Å². The second-order valence-electron chi connectivity index (χ2n) is 7.30. The number of aliphatic hydroxyl groups is 1. The van der Waals surface area contributed by atoms with E-state index >= 15 is 0 Å². The van der Waals surface area contributed by atoms with Crippen LogP contribution in [0, 0.1) is 11.2 Å². The Kier molecular flexibility index (Phi) is 4.94. The molecule has 136 valence electrons. The van der Waals surface area contributed by atoms with Crippen LogP contribution in [0.5, 0.6) is 0 Å². The lowest BCUT2D eigenvalue weighted by molar-refractivity contribution is -0.133. The Hall–Kier alpha value is -2.15. The van der Waals surface area contributed by atoms with Crippen LogP contribution in [0.2, 0.25) is 0 Å². The molecular weight excluding hydrogens is 325 g/mol. The first-order valence-corrected chi connectivity index (χ1v) is 8.56. The second kappa shape index (κ2) is 7.00. The average Bonchev–Trinajstić information content (AvgIpc) is 2.51. The fourth-order valence-electron chi connectivity index (χ4n) is 4.10. The van der Waals surface area contributed by atoms with Crippen molar-refractivity contribution in [2.24, 2.45) is 5.41 Å². The van der Waals surface area contributed by atoms with Gasteiger partial charge in [-0.2, -0.15) is 0 Å². The van der Waals surface area contributed by atoms with Crippen LogP contribution in [-0.4, -0.2) is 48.1 Å². The summed E-state index contributed by atoms with van der Waals surface area (Å²) in [6.45, 7) is 0.0982. The Bertz CT molecular complexity index is 653. The van der Waals surface area contributed by atoms with Crippen LogP contribution in [0.4, 0.5) is 10.1 Å². The van der Waals surface area contributed by atoms with Gasteiger partial charge in [0.05, 0.1) is 12.6 Å². The van der Waals surface area contributed by atoms with E-state index in [1.165, 1.54) is 17.0 Å². The van der Waals surface area contributed by atoms with E-state index in [0.717, 1.165) is 31.4 Å². The molecule has 3 N–H and O–H groups in total. The van der Waals surface area contributed by atoms with Crippen LogP contribution in [0.25, 0.3) is 0 Å². The number of carbonyl (C=O) groups is 2. The number of amides is 2. The quantitative estimate of drug-likeness (QED) is 0.647. The lowest BCUT2D eigenvalue weighted by atomic mass is 9.53. The van der Waals surface area contributed by atoms with Crippen molar-refractivity contribution in [1.29, 1.82) is 0 Å². The van der Waals surface area contributed by atoms with Gasteiger partial charge in [0.1, 0.15) is 5.82 Å². The van der Waals surface area contributed by atoms with E-state index in [9.17, 15) is 19.1 Å². The Balaban J connectivity index is 1.50. The summed E-state index contributed by atoms with van der Waals surface area (Å²) in [4.78, 5) is 24.8. The molecule has 0 saturated heterocycles. The third-order valence-electron chi connectivity index (χ3n) is 5.27. The zero-order valence-corrected chi connectivity index (χ0v) is 14.3. The van der Waals surface area contributed by atoms with E-state index in [-0.39, 0.29) is 42.4 Å². The fourth-order valence-corrected chi connectivity index (χ4v) is 4.10. The van der Waals surface area contributed by atoms with Gasteiger partial charge in [-0.1, -0.05) is 0 Å². The number of nitrogens with zero attached hydrogens (tertiary/aromatic N) is 1. The first-order chi connectivity index (χ1) is 11.9. The number of nitrogens with one attached hydrogen (secondary N) is 2. The molecule has 2 aliphatic carbocycles. The van der Waals surface area contributed by atoms with Crippen molar-refractivity contribution in [2.75, 3.05) is 18.9 Å². The largest absolute Gasteiger partial charge is 0.393 e. The summed E-state index contributed by atoms with van der Waals surface area (Å²) in [5, 5.41) is 15.3. The maximum absolute atomic E-state index is 13.4. The van der Waals surface area contributed by atoms with Crippen molar-refractivity contribution in [1.82, 2.24) is 10.2 Å². The Morgan fingerprint density at radius 1 is 1.40 bits per heavy atom. The minimum Gasteiger partial charge on any atom is -0.393 e. The number of hydrogen-bond donors (Lipinski definition) is 3. The standard InChI is InChI=1S/C18H24FN3O3/c1-20-16-3-2-13(19)4-12(16)9-22(11-23)10-17(25)21-14-5-18(6-14)7-15(24)8-18/h2-4,11,14-15,20,24H,5-10H2,1H3,(H,21,25). The van der Waals surface area contributed by atoms with E-state index in [2.05, 4.69) is 10.6 Å². The smallest absolute Gasteiger partial charge is 0.239 e. The lowest BCUT2D eigenvalue weighted by Gasteiger charge is -2.56. The number of halogens is 1. The first-order valence-electron chi connectivity index (χ1n) is 8.56. The van der Waals surface area contributed by atoms with Gasteiger partial charge in [-0.25, -0.2) is 4.39 Å². The predicted octanol–water partition coefficient (Wildman–Crippen LogP) is 1.25. The molecule has 0 bridgehead atoms. The van der Waals surface area contributed by atoms with Crippen LogP contribution in [0.15, 0.2) is 18.2 Å². The molecule has 0 unspecified atom stereocenters. The lowest BCUT2D eigenvalue weighted by Crippen LogP contribution is -2.58. The van der Waals surface area contributed by atoms with Crippen molar-refractivity contribution < 1.29 is 19.1 Å². The summed E-state index contributed by atoms with van der Waals surface area (Å²) in [7, 11) is 1.72. The molecular formula is C18H24FN3O3. The number of benzene rings is 1. The van der Waals surface area contributed by atoms with E-state index in [1.54, 1.807) is 13.1 Å². The summed E-state index contributed by atoms with van der Waals surface area (Å²) in [5.74, 6) is -0.596. The normalized spacial score (nSPS) is 27.2. The zero-order valence-electron chi connectivity index (χ0n) is 14.3. The number of rotatable bonds is 7. The monoisotopic (exact) mass is 349 g/mol. The molecule has 1 spiro atoms. The van der Waals surface area contributed by atoms with E-state index in [0.29, 0.717) is 12.0 Å². The Morgan fingerprint density at radius 3 is 2.72 bits per heavy atom. The molecule has 2 aliphatic rings. The maximum Gasteiger partial charge on any atom is 0.239 e. The van der Waals surface area contributed by atoms with Crippen LogP contribution < -0.4 is 10.6 Å². The maximum atomic E-state index is 13.4. The van der Waals surface area contributed by atoms with Gasteiger partial charge in [-0.15, -0.1) is 0 Å². The molecule has 1 aromatic carbocycles. The highest BCUT2D eigenvalue weighted by molar-refractivity contribution is 5.80. The molecule has 6 nitrogen and oxygen atoms in total. The van der Waals surface area contributed by atoms with Gasteiger partial charge in [-0.05, 0) is 54.9 Å². The molecule has 0 aromatic heterocycles. The second-order valence-corrected chi connectivity index (χ2v) is 7.30. The van der Waals surface area contributed by atoms with Crippen molar-refractivity contribution in [3.05, 3.63) is 29.6 Å². The van der Waals surface area contributed by atoms with Gasteiger partial charge < -0.3 is 20.6 Å². The van der Waals surface area contributed by atoms with Crippen molar-refractivity contribution in [3.63, 3.8) is 0 Å². The van der Waals surface area contributed by atoms with Crippen LogP contribution >= 0.6 is 0 Å². The summed E-state index contributed by atoms with van der Waals surface area (Å²) < 4.78 is 13.4. The van der Waals surface area contributed by atoms with Crippen molar-refractivity contribution in [2.45, 2.75) is 44.4 Å². The molecule has 1 aromatic rings. The highest BCUT2D eigenvalue weighted by atomic mass is 19.1. The topological polar surface area (TPSA) is 81.7 Å². The minimum atomic E-state index is -0.383. The average molecular weight is 349 g/mol. The van der Waals surface area contributed by atoms with Crippen LogP contribution in [-0.2, 0) is 16.1 Å². The van der Waals surface area contributed by atoms with Gasteiger partial charge in [-0.3, -0.25) is 9.59 Å². The molecule has 25 heavy (non-hydrogen) atoms. The van der Waals surface area contributed by atoms with Crippen molar-refractivity contribution >= 4 is 18.0 Å². The Morgan fingerprint density at radius 2 is 2.12 bits per heavy atom. The third kappa shape index (κ3) is 3.92. The molecule has 0 heterocycles. The molecule has 7 heteroatoms. The SMILES string of the molecule is CNc1ccc(F)cc1CN(C=O)CC(=O)NC1CC2(CC(O)C2)C1. The molecule has 0 aliphatic heterocycles. The third-order valence-corrected chi connectivity index (χ3v) is 5.27. The van der Waals surface area contributed by atoms with E-state index < -0.39 is 0 Å². The molecule has 2 amide bonds. The van der Waals surface area contributed by atoms with Crippen LogP contribution in [0.3, 0.4) is 0 Å². The summed E-state index contributed by atoms with van der Waals surface area (Å²) in [5.41, 5.74) is 1.57. The number of hydrogen-bond acceptors (Lipinski definition) is 4. The zero-order chi connectivity index (χ0) is 18.0. The van der Waals surface area contributed by atoms with Crippen LogP contribution in [0.1, 0.15) is 31.2 Å². The first kappa shape index (κ1) is 17.7. The highest BCUT2D eigenvalue weighted by Gasteiger charge is 2.52. The number of anilines is 1. The van der Waals surface area contributed by atoms with Gasteiger partial charge >= 0.3 is 0 Å². The number of aliphatic hydroxyl groups excluding tert-OH is 1. The van der Waals surface area contributed by atoms with Gasteiger partial charge in [0.2, 0.25) is 12.3 Å². The van der Waals surface area contributed by atoms with Gasteiger partial charge in [0.25, 0.3) is 0 Å². The predicted molar refractivity (Wildman–Crippen MR) is 91.3 cm³/mol. The minimum absolute atomic E-state index is 0.0602. The van der Waals surface area contributed by atoms with Crippen molar-refractivity contribution in [3.8, 4) is 0 Å². The molecule has 0 atom stereocenters. The van der Waals surface area contributed by atoms with E-state index in [1.807, 2.05) is 0 Å². The highest BCUT2D eigenvalue weighted by Crippen LogP contribution is 2.55. The molecule has 0 radical (unpaired) electrons.